The standard InChI is InChI=1S/C29H29N9/c1-20(14-21-8-7-9-22(15-21)18-33-36-30)34-29-31-13-12-27(35-29)38(3)24-16-25(23-10-5-4-6-11-23)28-26(17-24)37(2)19-32-28/h4-13,15-17,19-20H,14,18H2,1-3H3,(H,31,34,35). The second kappa shape index (κ2) is 11.0. The predicted octanol–water partition coefficient (Wildman–Crippen LogP) is 6.65. The van der Waals surface area contributed by atoms with Crippen LogP contribution < -0.4 is 10.2 Å². The Bertz CT molecular complexity index is 1600. The van der Waals surface area contributed by atoms with Crippen molar-refractivity contribution in [1.29, 1.82) is 0 Å². The van der Waals surface area contributed by atoms with E-state index in [1.807, 2.05) is 61.4 Å². The van der Waals surface area contributed by atoms with Crippen molar-refractivity contribution in [1.82, 2.24) is 19.5 Å². The molecule has 1 atom stereocenters. The number of aryl methyl sites for hydroxylation is 1. The molecule has 9 heteroatoms. The molecule has 0 fully saturated rings. The van der Waals surface area contributed by atoms with E-state index in [1.54, 1.807) is 6.20 Å². The molecular formula is C29H29N9. The lowest BCUT2D eigenvalue weighted by Crippen LogP contribution is -2.21. The molecular weight excluding hydrogens is 474 g/mol. The van der Waals surface area contributed by atoms with Crippen molar-refractivity contribution in [3.05, 3.63) is 107 Å². The van der Waals surface area contributed by atoms with Crippen molar-refractivity contribution in [2.45, 2.75) is 25.9 Å². The smallest absolute Gasteiger partial charge is 0.224 e. The molecule has 2 aromatic heterocycles. The van der Waals surface area contributed by atoms with Crippen LogP contribution in [0.15, 0.2) is 90.4 Å². The van der Waals surface area contributed by atoms with Gasteiger partial charge < -0.3 is 14.8 Å². The summed E-state index contributed by atoms with van der Waals surface area (Å²) in [6.45, 7) is 2.45. The van der Waals surface area contributed by atoms with Gasteiger partial charge in [-0.2, -0.15) is 4.98 Å². The molecule has 2 heterocycles. The molecule has 3 aromatic carbocycles. The highest BCUT2D eigenvalue weighted by atomic mass is 15.2. The van der Waals surface area contributed by atoms with E-state index in [0.717, 1.165) is 51.2 Å². The maximum Gasteiger partial charge on any atom is 0.224 e. The quantitative estimate of drug-likeness (QED) is 0.138. The number of fused-ring (bicyclic) bond motifs is 1. The van der Waals surface area contributed by atoms with Crippen LogP contribution in [0.25, 0.3) is 32.6 Å². The van der Waals surface area contributed by atoms with E-state index >= 15 is 0 Å². The Morgan fingerprint density at radius 1 is 1.03 bits per heavy atom. The fourth-order valence-corrected chi connectivity index (χ4v) is 4.58. The maximum absolute atomic E-state index is 8.58. The van der Waals surface area contributed by atoms with Crippen molar-refractivity contribution in [2.75, 3.05) is 17.3 Å². The van der Waals surface area contributed by atoms with Crippen LogP contribution in [0.1, 0.15) is 18.1 Å². The van der Waals surface area contributed by atoms with E-state index in [4.69, 9.17) is 10.5 Å². The largest absolute Gasteiger partial charge is 0.351 e. The zero-order chi connectivity index (χ0) is 26.5. The molecule has 0 radical (unpaired) electrons. The fraction of sp³-hybridized carbons (Fsp3) is 0.207. The Morgan fingerprint density at radius 3 is 2.66 bits per heavy atom. The van der Waals surface area contributed by atoms with Crippen LogP contribution in [0, 0.1) is 0 Å². The average molecular weight is 504 g/mol. The summed E-state index contributed by atoms with van der Waals surface area (Å²) in [4.78, 5) is 18.8. The Hall–Kier alpha value is -4.88. The minimum Gasteiger partial charge on any atom is -0.351 e. The van der Waals surface area contributed by atoms with E-state index in [1.165, 1.54) is 0 Å². The Morgan fingerprint density at radius 2 is 1.84 bits per heavy atom. The zero-order valence-corrected chi connectivity index (χ0v) is 21.7. The average Bonchev–Trinajstić information content (AvgIpc) is 3.32. The lowest BCUT2D eigenvalue weighted by atomic mass is 10.0. The summed E-state index contributed by atoms with van der Waals surface area (Å²) in [5.41, 5.74) is 16.0. The lowest BCUT2D eigenvalue weighted by Gasteiger charge is -2.21. The number of hydrogen-bond donors (Lipinski definition) is 1. The first-order valence-corrected chi connectivity index (χ1v) is 12.4. The number of nitrogens with one attached hydrogen (secondary N) is 1. The Labute approximate surface area is 221 Å². The van der Waals surface area contributed by atoms with Gasteiger partial charge in [0.25, 0.3) is 0 Å². The summed E-state index contributed by atoms with van der Waals surface area (Å²) >= 11 is 0. The first-order chi connectivity index (χ1) is 18.5. The van der Waals surface area contributed by atoms with Gasteiger partial charge in [-0.15, -0.1) is 0 Å². The number of anilines is 3. The van der Waals surface area contributed by atoms with Gasteiger partial charge >= 0.3 is 0 Å². The molecule has 0 bridgehead atoms. The van der Waals surface area contributed by atoms with Gasteiger partial charge in [0.2, 0.25) is 5.95 Å². The molecule has 0 spiro atoms. The van der Waals surface area contributed by atoms with E-state index in [0.29, 0.717) is 12.5 Å². The summed E-state index contributed by atoms with van der Waals surface area (Å²) in [5, 5.41) is 7.08. The number of rotatable bonds is 9. The number of nitrogens with zero attached hydrogens (tertiary/aromatic N) is 8. The van der Waals surface area contributed by atoms with Crippen LogP contribution in [0.2, 0.25) is 0 Å². The molecule has 1 unspecified atom stereocenters. The molecule has 5 aromatic rings. The minimum absolute atomic E-state index is 0.0979. The van der Waals surface area contributed by atoms with Crippen molar-refractivity contribution in [3.63, 3.8) is 0 Å². The monoisotopic (exact) mass is 503 g/mol. The van der Waals surface area contributed by atoms with Crippen LogP contribution in [0.3, 0.4) is 0 Å². The third kappa shape index (κ3) is 5.43. The van der Waals surface area contributed by atoms with Crippen LogP contribution in [-0.2, 0) is 20.0 Å². The Balaban J connectivity index is 1.37. The third-order valence-electron chi connectivity index (χ3n) is 6.50. The van der Waals surface area contributed by atoms with Gasteiger partial charge in [-0.3, -0.25) is 0 Å². The van der Waals surface area contributed by atoms with Crippen molar-refractivity contribution in [3.8, 4) is 11.1 Å². The van der Waals surface area contributed by atoms with Crippen molar-refractivity contribution >= 4 is 28.5 Å². The number of benzene rings is 3. The van der Waals surface area contributed by atoms with Gasteiger partial charge in [-0.1, -0.05) is 59.7 Å². The summed E-state index contributed by atoms with van der Waals surface area (Å²) in [6.07, 6.45) is 4.40. The normalized spacial score (nSPS) is 11.7. The zero-order valence-electron chi connectivity index (χ0n) is 21.7. The topological polar surface area (TPSA) is 108 Å². The highest BCUT2D eigenvalue weighted by Gasteiger charge is 2.15. The summed E-state index contributed by atoms with van der Waals surface area (Å²) in [5.74, 6) is 1.35. The molecule has 0 saturated heterocycles. The minimum atomic E-state index is 0.0979. The van der Waals surface area contributed by atoms with Gasteiger partial charge in [0.1, 0.15) is 5.82 Å². The maximum atomic E-state index is 8.58. The number of hydrogen-bond acceptors (Lipinski definition) is 6. The molecule has 9 nitrogen and oxygen atoms in total. The molecule has 38 heavy (non-hydrogen) atoms. The SMILES string of the molecule is CC(Cc1cccc(CN=[N+]=[N-])c1)Nc1nccc(N(C)c2cc(-c3ccccc3)c3ncn(C)c3c2)n1. The van der Waals surface area contributed by atoms with Crippen LogP contribution in [-0.4, -0.2) is 32.6 Å². The fourth-order valence-electron chi connectivity index (χ4n) is 4.58. The first-order valence-electron chi connectivity index (χ1n) is 12.4. The van der Waals surface area contributed by atoms with Gasteiger partial charge in [-0.25, -0.2) is 9.97 Å². The van der Waals surface area contributed by atoms with E-state index in [2.05, 4.69) is 73.5 Å². The third-order valence-corrected chi connectivity index (χ3v) is 6.50. The van der Waals surface area contributed by atoms with Crippen LogP contribution in [0.4, 0.5) is 17.5 Å². The summed E-state index contributed by atoms with van der Waals surface area (Å²) < 4.78 is 2.04. The van der Waals surface area contributed by atoms with Gasteiger partial charge in [0, 0.05) is 42.5 Å². The molecule has 5 rings (SSSR count). The number of aromatic nitrogens is 4. The molecule has 0 amide bonds. The molecule has 190 valence electrons. The predicted molar refractivity (Wildman–Crippen MR) is 152 cm³/mol. The molecule has 0 aliphatic heterocycles. The first kappa shape index (κ1) is 24.8. The molecule has 0 aliphatic rings. The van der Waals surface area contributed by atoms with Crippen molar-refractivity contribution in [2.24, 2.45) is 12.2 Å². The summed E-state index contributed by atoms with van der Waals surface area (Å²) in [6, 6.07) is 24.7. The van der Waals surface area contributed by atoms with Crippen LogP contribution >= 0.6 is 0 Å². The second-order valence-corrected chi connectivity index (χ2v) is 9.34. The van der Waals surface area contributed by atoms with Crippen molar-refractivity contribution < 1.29 is 0 Å². The van der Waals surface area contributed by atoms with Gasteiger partial charge in [0.15, 0.2) is 0 Å². The molecule has 1 N–H and O–H groups in total. The van der Waals surface area contributed by atoms with E-state index in [-0.39, 0.29) is 6.04 Å². The summed E-state index contributed by atoms with van der Waals surface area (Å²) in [7, 11) is 4.02. The second-order valence-electron chi connectivity index (χ2n) is 9.34. The highest BCUT2D eigenvalue weighted by Crippen LogP contribution is 2.34. The highest BCUT2D eigenvalue weighted by molar-refractivity contribution is 5.95. The lowest BCUT2D eigenvalue weighted by molar-refractivity contribution is 0.775. The van der Waals surface area contributed by atoms with Gasteiger partial charge in [-0.05, 0) is 53.8 Å². The van der Waals surface area contributed by atoms with Crippen LogP contribution in [0.5, 0.6) is 0 Å². The molecule has 0 aliphatic carbocycles. The van der Waals surface area contributed by atoms with E-state index < -0.39 is 0 Å². The molecule has 0 saturated carbocycles. The number of azide groups is 1. The van der Waals surface area contributed by atoms with Gasteiger partial charge in [0.05, 0.1) is 23.9 Å². The van der Waals surface area contributed by atoms with E-state index in [9.17, 15) is 0 Å². The Kier molecular flexibility index (Phi) is 7.19. The number of imidazole rings is 1.